The van der Waals surface area contributed by atoms with Crippen LogP contribution in [0.15, 0.2) is 48.7 Å². The number of H-pyrrole nitrogens is 1. The van der Waals surface area contributed by atoms with Gasteiger partial charge < -0.3 is 14.6 Å². The fourth-order valence-electron chi connectivity index (χ4n) is 3.60. The molecule has 0 unspecified atom stereocenters. The van der Waals surface area contributed by atoms with Gasteiger partial charge in [-0.3, -0.25) is 14.9 Å². The van der Waals surface area contributed by atoms with Gasteiger partial charge in [-0.05, 0) is 42.3 Å². The van der Waals surface area contributed by atoms with E-state index in [0.717, 1.165) is 22.0 Å². The molecule has 1 aliphatic rings. The molecule has 0 fully saturated rings. The average molecular weight is 412 g/mol. The highest BCUT2D eigenvalue weighted by Gasteiger charge is 2.27. The van der Waals surface area contributed by atoms with Gasteiger partial charge in [-0.1, -0.05) is 17.7 Å². The molecular formula is C21H18ClN3O4. The Morgan fingerprint density at radius 2 is 2.10 bits per heavy atom. The molecule has 0 atom stereocenters. The van der Waals surface area contributed by atoms with Crippen LogP contribution in [0.4, 0.5) is 5.69 Å². The number of ether oxygens (including phenoxy) is 1. The predicted octanol–water partition coefficient (Wildman–Crippen LogP) is 4.67. The van der Waals surface area contributed by atoms with Crippen molar-refractivity contribution in [2.75, 3.05) is 20.2 Å². The first kappa shape index (κ1) is 19.0. The summed E-state index contributed by atoms with van der Waals surface area (Å²) in [6.45, 7) is 0.835. The summed E-state index contributed by atoms with van der Waals surface area (Å²) in [6, 6.07) is 9.88. The number of halogens is 1. The smallest absolute Gasteiger partial charge is 0.282 e. The summed E-state index contributed by atoms with van der Waals surface area (Å²) < 4.78 is 5.12. The molecule has 1 N–H and O–H groups in total. The summed E-state index contributed by atoms with van der Waals surface area (Å²) in [5.41, 5.74) is 2.97. The minimum absolute atomic E-state index is 0.0325. The number of rotatable bonds is 4. The second kappa shape index (κ2) is 7.60. The van der Waals surface area contributed by atoms with E-state index >= 15 is 0 Å². The van der Waals surface area contributed by atoms with E-state index < -0.39 is 4.92 Å². The Kier molecular flexibility index (Phi) is 4.98. The van der Waals surface area contributed by atoms with Gasteiger partial charge in [0.2, 0.25) is 0 Å². The molecular weight excluding hydrogens is 394 g/mol. The minimum atomic E-state index is -0.548. The molecule has 1 aromatic heterocycles. The van der Waals surface area contributed by atoms with Crippen LogP contribution in [0.25, 0.3) is 16.5 Å². The molecule has 3 aromatic rings. The van der Waals surface area contributed by atoms with Gasteiger partial charge in [0.25, 0.3) is 11.6 Å². The number of benzene rings is 2. The maximum absolute atomic E-state index is 13.0. The molecule has 0 spiro atoms. The summed E-state index contributed by atoms with van der Waals surface area (Å²) in [6.07, 6.45) is 4.57. The molecule has 148 valence electrons. The molecule has 1 amide bonds. The molecule has 0 bridgehead atoms. The molecule has 8 heteroatoms. The molecule has 1 aliphatic heterocycles. The van der Waals surface area contributed by atoms with Crippen LogP contribution in [0.5, 0.6) is 5.75 Å². The molecule has 0 saturated carbocycles. The second-order valence-corrected chi connectivity index (χ2v) is 7.20. The Hall–Kier alpha value is -3.32. The number of hydrogen-bond acceptors (Lipinski definition) is 4. The van der Waals surface area contributed by atoms with E-state index in [1.54, 1.807) is 4.90 Å². The van der Waals surface area contributed by atoms with E-state index in [9.17, 15) is 14.9 Å². The van der Waals surface area contributed by atoms with Crippen LogP contribution in [0.3, 0.4) is 0 Å². The summed E-state index contributed by atoms with van der Waals surface area (Å²) >= 11 is 6.13. The van der Waals surface area contributed by atoms with Crippen molar-refractivity contribution in [2.45, 2.75) is 6.42 Å². The van der Waals surface area contributed by atoms with Crippen LogP contribution in [-0.4, -0.2) is 40.9 Å². The normalized spacial score (nSPS) is 14.0. The molecule has 2 aromatic carbocycles. The van der Waals surface area contributed by atoms with E-state index in [1.807, 2.05) is 30.5 Å². The van der Waals surface area contributed by atoms with Crippen molar-refractivity contribution in [3.05, 3.63) is 74.9 Å². The monoisotopic (exact) mass is 411 g/mol. The third kappa shape index (κ3) is 3.56. The van der Waals surface area contributed by atoms with Gasteiger partial charge in [-0.2, -0.15) is 0 Å². The number of carbonyl (C=O) groups excluding carboxylic acids is 1. The third-order valence-electron chi connectivity index (χ3n) is 5.12. The van der Waals surface area contributed by atoms with E-state index in [0.29, 0.717) is 30.3 Å². The number of aromatic amines is 1. The van der Waals surface area contributed by atoms with Gasteiger partial charge in [-0.15, -0.1) is 0 Å². The van der Waals surface area contributed by atoms with Crippen molar-refractivity contribution in [3.8, 4) is 5.75 Å². The van der Waals surface area contributed by atoms with E-state index in [2.05, 4.69) is 4.98 Å². The molecule has 2 heterocycles. The van der Waals surface area contributed by atoms with Crippen molar-refractivity contribution < 1.29 is 14.5 Å². The summed E-state index contributed by atoms with van der Waals surface area (Å²) in [4.78, 5) is 28.6. The predicted molar refractivity (Wildman–Crippen MR) is 111 cm³/mol. The Morgan fingerprint density at radius 3 is 2.79 bits per heavy atom. The van der Waals surface area contributed by atoms with Gasteiger partial charge >= 0.3 is 0 Å². The zero-order chi connectivity index (χ0) is 20.5. The number of hydrogen-bond donors (Lipinski definition) is 1. The standard InChI is InChI=1S/C21H18ClN3O4/c1-29-15-3-5-20(25(27)28)17(11-15)21(26)24-8-6-13(7-9-24)18-12-23-19-4-2-14(22)10-16(18)19/h2-6,10-12,23H,7-9H2,1H3. The lowest BCUT2D eigenvalue weighted by atomic mass is 9.98. The number of nitrogens with one attached hydrogen (secondary N) is 1. The molecule has 0 radical (unpaired) electrons. The summed E-state index contributed by atoms with van der Waals surface area (Å²) in [5, 5.41) is 13.0. The quantitative estimate of drug-likeness (QED) is 0.499. The number of nitro benzene ring substituents is 1. The molecule has 7 nitrogen and oxygen atoms in total. The zero-order valence-electron chi connectivity index (χ0n) is 15.6. The Labute approximate surface area is 171 Å². The molecule has 0 saturated heterocycles. The second-order valence-electron chi connectivity index (χ2n) is 6.76. The first-order valence-electron chi connectivity index (χ1n) is 9.05. The van der Waals surface area contributed by atoms with Crippen molar-refractivity contribution in [1.29, 1.82) is 0 Å². The Bertz CT molecular complexity index is 1150. The van der Waals surface area contributed by atoms with Gasteiger partial charge in [-0.25, -0.2) is 0 Å². The SMILES string of the molecule is COc1ccc([N+](=O)[O-])c(C(=O)N2CC=C(c3c[nH]c4ccc(Cl)cc34)CC2)c1. The first-order chi connectivity index (χ1) is 14.0. The van der Waals surface area contributed by atoms with Crippen molar-refractivity contribution in [3.63, 3.8) is 0 Å². The lowest BCUT2D eigenvalue weighted by Gasteiger charge is -2.26. The van der Waals surface area contributed by atoms with Gasteiger partial charge in [0.05, 0.1) is 12.0 Å². The number of amides is 1. The van der Waals surface area contributed by atoms with Crippen molar-refractivity contribution >= 4 is 39.7 Å². The highest BCUT2D eigenvalue weighted by Crippen LogP contribution is 2.32. The number of fused-ring (bicyclic) bond motifs is 1. The highest BCUT2D eigenvalue weighted by molar-refractivity contribution is 6.31. The lowest BCUT2D eigenvalue weighted by molar-refractivity contribution is -0.385. The van der Waals surface area contributed by atoms with Crippen molar-refractivity contribution in [1.82, 2.24) is 9.88 Å². The van der Waals surface area contributed by atoms with Crippen LogP contribution < -0.4 is 4.74 Å². The van der Waals surface area contributed by atoms with E-state index in [1.165, 1.54) is 25.3 Å². The van der Waals surface area contributed by atoms with Crippen LogP contribution in [0.1, 0.15) is 22.3 Å². The average Bonchev–Trinajstić information content (AvgIpc) is 3.15. The van der Waals surface area contributed by atoms with Crippen LogP contribution in [0, 0.1) is 10.1 Å². The number of methoxy groups -OCH3 is 1. The minimum Gasteiger partial charge on any atom is -0.497 e. The molecule has 29 heavy (non-hydrogen) atoms. The Morgan fingerprint density at radius 1 is 1.28 bits per heavy atom. The topological polar surface area (TPSA) is 88.5 Å². The van der Waals surface area contributed by atoms with Crippen LogP contribution in [-0.2, 0) is 0 Å². The van der Waals surface area contributed by atoms with Crippen LogP contribution >= 0.6 is 11.6 Å². The maximum Gasteiger partial charge on any atom is 0.282 e. The van der Waals surface area contributed by atoms with Gasteiger partial charge in [0.1, 0.15) is 11.3 Å². The lowest BCUT2D eigenvalue weighted by Crippen LogP contribution is -2.35. The number of carbonyl (C=O) groups is 1. The summed E-state index contributed by atoms with van der Waals surface area (Å²) in [5.74, 6) is 0.0238. The fourth-order valence-corrected chi connectivity index (χ4v) is 3.77. The fraction of sp³-hybridized carbons (Fsp3) is 0.190. The van der Waals surface area contributed by atoms with Crippen molar-refractivity contribution in [2.24, 2.45) is 0 Å². The first-order valence-corrected chi connectivity index (χ1v) is 9.43. The largest absolute Gasteiger partial charge is 0.497 e. The van der Waals surface area contributed by atoms with E-state index in [-0.39, 0.29) is 17.2 Å². The van der Waals surface area contributed by atoms with E-state index in [4.69, 9.17) is 16.3 Å². The molecule has 4 rings (SSSR count). The van der Waals surface area contributed by atoms with Gasteiger partial charge in [0, 0.05) is 46.8 Å². The Balaban J connectivity index is 1.60. The maximum atomic E-state index is 13.0. The number of nitro groups is 1. The third-order valence-corrected chi connectivity index (χ3v) is 5.35. The summed E-state index contributed by atoms with van der Waals surface area (Å²) in [7, 11) is 1.46. The molecule has 0 aliphatic carbocycles. The highest BCUT2D eigenvalue weighted by atomic mass is 35.5. The van der Waals surface area contributed by atoms with Crippen LogP contribution in [0.2, 0.25) is 5.02 Å². The number of nitrogens with zero attached hydrogens (tertiary/aromatic N) is 2. The van der Waals surface area contributed by atoms with Gasteiger partial charge in [0.15, 0.2) is 0 Å². The zero-order valence-corrected chi connectivity index (χ0v) is 16.4. The number of aromatic nitrogens is 1.